The van der Waals surface area contributed by atoms with E-state index in [1.807, 2.05) is 36.0 Å². The summed E-state index contributed by atoms with van der Waals surface area (Å²) in [6.45, 7) is -0.0398. The number of halogens is 2. The van der Waals surface area contributed by atoms with Gasteiger partial charge in [-0.25, -0.2) is 4.39 Å². The molecule has 124 valence electrons. The van der Waals surface area contributed by atoms with Gasteiger partial charge in [0.15, 0.2) is 0 Å². The standard InChI is InChI=1S/C18H16ClFN2O2/c1-22-8-7-11-9-12(5-6-15(11)22)16(23)10-21-18(24)17-13(19)3-2-4-14(17)20/h2-9,16,23H,10H2,1H3,(H,21,24). The number of carbonyl (C=O) groups excluding carboxylic acids is 1. The molecule has 0 fully saturated rings. The molecule has 0 spiro atoms. The summed E-state index contributed by atoms with van der Waals surface area (Å²) in [6, 6.07) is 11.6. The van der Waals surface area contributed by atoms with Gasteiger partial charge in [-0.05, 0) is 41.3 Å². The molecule has 2 N–H and O–H groups in total. The highest BCUT2D eigenvalue weighted by molar-refractivity contribution is 6.33. The normalized spacial score (nSPS) is 12.3. The lowest BCUT2D eigenvalue weighted by atomic mass is 10.1. The Balaban J connectivity index is 1.72. The number of aromatic nitrogens is 1. The predicted octanol–water partition coefficient (Wildman–Crippen LogP) is 3.43. The molecule has 4 nitrogen and oxygen atoms in total. The molecule has 0 aliphatic rings. The molecule has 6 heteroatoms. The van der Waals surface area contributed by atoms with E-state index in [-0.39, 0.29) is 17.1 Å². The summed E-state index contributed by atoms with van der Waals surface area (Å²) in [4.78, 5) is 12.1. The van der Waals surface area contributed by atoms with Crippen LogP contribution in [0.2, 0.25) is 5.02 Å². The van der Waals surface area contributed by atoms with Crippen molar-refractivity contribution in [1.29, 1.82) is 0 Å². The molecule has 0 saturated carbocycles. The van der Waals surface area contributed by atoms with Crippen LogP contribution in [0.25, 0.3) is 10.9 Å². The number of nitrogens with one attached hydrogen (secondary N) is 1. The van der Waals surface area contributed by atoms with Crippen LogP contribution in [0.4, 0.5) is 4.39 Å². The highest BCUT2D eigenvalue weighted by Crippen LogP contribution is 2.22. The lowest BCUT2D eigenvalue weighted by Crippen LogP contribution is -2.29. The van der Waals surface area contributed by atoms with Crippen molar-refractivity contribution in [3.63, 3.8) is 0 Å². The Morgan fingerprint density at radius 3 is 2.88 bits per heavy atom. The van der Waals surface area contributed by atoms with Gasteiger partial charge in [0.1, 0.15) is 5.82 Å². The van der Waals surface area contributed by atoms with Gasteiger partial charge < -0.3 is 15.0 Å². The van der Waals surface area contributed by atoms with E-state index in [1.165, 1.54) is 18.2 Å². The van der Waals surface area contributed by atoms with Gasteiger partial charge in [0.05, 0.1) is 16.7 Å². The number of amides is 1. The molecule has 1 aromatic heterocycles. The molecule has 1 heterocycles. The van der Waals surface area contributed by atoms with Crippen LogP contribution in [0, 0.1) is 5.82 Å². The molecular formula is C18H16ClFN2O2. The Labute approximate surface area is 143 Å². The molecule has 0 aliphatic heterocycles. The first-order valence-corrected chi connectivity index (χ1v) is 7.80. The van der Waals surface area contributed by atoms with Gasteiger partial charge in [0.2, 0.25) is 0 Å². The number of aliphatic hydroxyl groups excluding tert-OH is 1. The highest BCUT2D eigenvalue weighted by atomic mass is 35.5. The molecule has 3 rings (SSSR count). The molecule has 0 bridgehead atoms. The van der Waals surface area contributed by atoms with Crippen LogP contribution < -0.4 is 5.32 Å². The summed E-state index contributed by atoms with van der Waals surface area (Å²) < 4.78 is 15.7. The summed E-state index contributed by atoms with van der Waals surface area (Å²) in [6.07, 6.45) is 1.03. The van der Waals surface area contributed by atoms with E-state index in [9.17, 15) is 14.3 Å². The summed E-state index contributed by atoms with van der Waals surface area (Å²) in [5.74, 6) is -1.35. The Bertz CT molecular complexity index is 887. The fourth-order valence-electron chi connectivity index (χ4n) is 2.62. The van der Waals surface area contributed by atoms with Gasteiger partial charge in [-0.1, -0.05) is 23.7 Å². The minimum Gasteiger partial charge on any atom is -0.387 e. The first-order valence-electron chi connectivity index (χ1n) is 7.42. The first kappa shape index (κ1) is 16.5. The highest BCUT2D eigenvalue weighted by Gasteiger charge is 2.17. The van der Waals surface area contributed by atoms with Crippen LogP contribution in [0.15, 0.2) is 48.7 Å². The van der Waals surface area contributed by atoms with E-state index in [4.69, 9.17) is 11.6 Å². The van der Waals surface area contributed by atoms with E-state index >= 15 is 0 Å². The second-order valence-electron chi connectivity index (χ2n) is 5.57. The maximum absolute atomic E-state index is 13.7. The van der Waals surface area contributed by atoms with Crippen LogP contribution in [0.3, 0.4) is 0 Å². The van der Waals surface area contributed by atoms with Crippen molar-refractivity contribution in [3.05, 3.63) is 70.6 Å². The summed E-state index contributed by atoms with van der Waals surface area (Å²) in [5, 5.41) is 13.8. The van der Waals surface area contributed by atoms with Crippen LogP contribution >= 0.6 is 11.6 Å². The molecule has 0 radical (unpaired) electrons. The summed E-state index contributed by atoms with van der Waals surface area (Å²) in [5.41, 5.74) is 1.51. The zero-order chi connectivity index (χ0) is 17.3. The Kier molecular flexibility index (Phi) is 4.55. The Morgan fingerprint density at radius 1 is 1.33 bits per heavy atom. The molecule has 1 unspecified atom stereocenters. The first-order chi connectivity index (χ1) is 11.5. The second kappa shape index (κ2) is 6.63. The van der Waals surface area contributed by atoms with Crippen molar-refractivity contribution in [3.8, 4) is 0 Å². The van der Waals surface area contributed by atoms with Gasteiger partial charge in [0.25, 0.3) is 5.91 Å². The lowest BCUT2D eigenvalue weighted by Gasteiger charge is -2.13. The third kappa shape index (κ3) is 3.13. The molecular weight excluding hydrogens is 331 g/mol. The fraction of sp³-hybridized carbons (Fsp3) is 0.167. The molecule has 0 saturated heterocycles. The zero-order valence-corrected chi connectivity index (χ0v) is 13.7. The second-order valence-corrected chi connectivity index (χ2v) is 5.97. The molecule has 1 amide bonds. The van der Waals surface area contributed by atoms with E-state index in [1.54, 1.807) is 6.07 Å². The van der Waals surface area contributed by atoms with Crippen molar-refractivity contribution in [2.75, 3.05) is 6.54 Å². The number of carbonyl (C=O) groups is 1. The van der Waals surface area contributed by atoms with Gasteiger partial charge in [-0.2, -0.15) is 0 Å². The maximum atomic E-state index is 13.7. The number of aryl methyl sites for hydroxylation is 1. The van der Waals surface area contributed by atoms with Crippen LogP contribution in [0.5, 0.6) is 0 Å². The topological polar surface area (TPSA) is 54.3 Å². The summed E-state index contributed by atoms with van der Waals surface area (Å²) in [7, 11) is 1.94. The zero-order valence-electron chi connectivity index (χ0n) is 13.0. The van der Waals surface area contributed by atoms with Gasteiger partial charge >= 0.3 is 0 Å². The maximum Gasteiger partial charge on any atom is 0.255 e. The van der Waals surface area contributed by atoms with Crippen molar-refractivity contribution >= 4 is 28.4 Å². The van der Waals surface area contributed by atoms with Crippen molar-refractivity contribution in [2.24, 2.45) is 7.05 Å². The third-order valence-electron chi connectivity index (χ3n) is 3.94. The number of nitrogens with zero attached hydrogens (tertiary/aromatic N) is 1. The number of benzene rings is 2. The number of rotatable bonds is 4. The monoisotopic (exact) mass is 346 g/mol. The lowest BCUT2D eigenvalue weighted by molar-refractivity contribution is 0.0912. The van der Waals surface area contributed by atoms with Crippen LogP contribution in [0.1, 0.15) is 22.0 Å². The van der Waals surface area contributed by atoms with E-state index < -0.39 is 17.8 Å². The van der Waals surface area contributed by atoms with Crippen LogP contribution in [-0.4, -0.2) is 22.1 Å². The van der Waals surface area contributed by atoms with E-state index in [2.05, 4.69) is 5.32 Å². The smallest absolute Gasteiger partial charge is 0.255 e. The van der Waals surface area contributed by atoms with Crippen molar-refractivity contribution < 1.29 is 14.3 Å². The molecule has 24 heavy (non-hydrogen) atoms. The van der Waals surface area contributed by atoms with Crippen LogP contribution in [-0.2, 0) is 7.05 Å². The van der Waals surface area contributed by atoms with Gasteiger partial charge in [0, 0.05) is 25.3 Å². The van der Waals surface area contributed by atoms with Crippen molar-refractivity contribution in [2.45, 2.75) is 6.10 Å². The Hall–Kier alpha value is -2.37. The van der Waals surface area contributed by atoms with E-state index in [0.29, 0.717) is 5.56 Å². The quantitative estimate of drug-likeness (QED) is 0.760. The largest absolute Gasteiger partial charge is 0.387 e. The van der Waals surface area contributed by atoms with Crippen molar-refractivity contribution in [1.82, 2.24) is 9.88 Å². The fourth-order valence-corrected chi connectivity index (χ4v) is 2.87. The molecule has 3 aromatic rings. The minimum absolute atomic E-state index is 0.0349. The molecule has 1 atom stereocenters. The minimum atomic E-state index is -0.899. The van der Waals surface area contributed by atoms with Gasteiger partial charge in [-0.15, -0.1) is 0 Å². The van der Waals surface area contributed by atoms with E-state index in [0.717, 1.165) is 10.9 Å². The third-order valence-corrected chi connectivity index (χ3v) is 4.25. The SMILES string of the molecule is Cn1ccc2cc(C(O)CNC(=O)c3c(F)cccc3Cl)ccc21. The van der Waals surface area contributed by atoms with Gasteiger partial charge in [-0.3, -0.25) is 4.79 Å². The number of hydrogen-bond donors (Lipinski definition) is 2. The number of fused-ring (bicyclic) bond motifs is 1. The molecule has 0 aliphatic carbocycles. The molecule has 2 aromatic carbocycles. The summed E-state index contributed by atoms with van der Waals surface area (Å²) >= 11 is 5.86. The average molecular weight is 347 g/mol. The number of hydrogen-bond acceptors (Lipinski definition) is 2. The Morgan fingerprint density at radius 2 is 2.12 bits per heavy atom. The average Bonchev–Trinajstić information content (AvgIpc) is 2.93. The number of aliphatic hydroxyl groups is 1. The predicted molar refractivity (Wildman–Crippen MR) is 91.6 cm³/mol.